The summed E-state index contributed by atoms with van der Waals surface area (Å²) in [7, 11) is -11.4. The van der Waals surface area contributed by atoms with Gasteiger partial charge in [0.1, 0.15) is 0 Å². The SMILES string of the molecule is CC(C[Si]1(C)O[Si](C)(CC(C)c2ccccc2)O[Si](C)(CC(C)c2ccccc2)O[Si](C)(CC(C)c2ccccc2)O1)c1ccccc1. The van der Waals surface area contributed by atoms with E-state index in [2.05, 4.69) is 175 Å². The van der Waals surface area contributed by atoms with Crippen LogP contribution in [0.4, 0.5) is 0 Å². The van der Waals surface area contributed by atoms with Gasteiger partial charge in [-0.2, -0.15) is 0 Å². The summed E-state index contributed by atoms with van der Waals surface area (Å²) in [5.74, 6) is 1.16. The molecule has 1 saturated heterocycles. The monoisotopic (exact) mass is 712 g/mol. The van der Waals surface area contributed by atoms with E-state index in [1.807, 2.05) is 0 Å². The van der Waals surface area contributed by atoms with Gasteiger partial charge in [-0.15, -0.1) is 0 Å². The van der Waals surface area contributed by atoms with Crippen molar-refractivity contribution in [2.24, 2.45) is 0 Å². The van der Waals surface area contributed by atoms with Gasteiger partial charge in [0.15, 0.2) is 0 Å². The fourth-order valence-corrected chi connectivity index (χ4v) is 32.9. The molecule has 5 rings (SSSR count). The van der Waals surface area contributed by atoms with Crippen molar-refractivity contribution in [3.05, 3.63) is 144 Å². The van der Waals surface area contributed by atoms with E-state index < -0.39 is 34.2 Å². The third-order valence-corrected chi connectivity index (χ3v) is 29.1. The Morgan fingerprint density at radius 2 is 0.500 bits per heavy atom. The van der Waals surface area contributed by atoms with Gasteiger partial charge in [0.05, 0.1) is 0 Å². The Morgan fingerprint density at radius 1 is 0.333 bits per heavy atom. The van der Waals surface area contributed by atoms with Crippen molar-refractivity contribution in [2.75, 3.05) is 0 Å². The fraction of sp³-hybridized carbons (Fsp3) is 0.400. The second kappa shape index (κ2) is 15.6. The first-order chi connectivity index (χ1) is 22.8. The lowest BCUT2D eigenvalue weighted by Crippen LogP contribution is -2.68. The van der Waals surface area contributed by atoms with E-state index in [0.29, 0.717) is 23.7 Å². The normalized spacial score (nSPS) is 28.8. The van der Waals surface area contributed by atoms with Crippen LogP contribution < -0.4 is 0 Å². The van der Waals surface area contributed by atoms with Crippen LogP contribution in [0.1, 0.15) is 73.6 Å². The van der Waals surface area contributed by atoms with Crippen LogP contribution in [0.15, 0.2) is 121 Å². The Hall–Kier alpha value is -2.41. The van der Waals surface area contributed by atoms with E-state index in [0.717, 1.165) is 24.2 Å². The topological polar surface area (TPSA) is 36.9 Å². The average Bonchev–Trinajstić information content (AvgIpc) is 3.04. The molecule has 256 valence electrons. The summed E-state index contributed by atoms with van der Waals surface area (Å²) < 4.78 is 30.6. The van der Waals surface area contributed by atoms with Crippen molar-refractivity contribution >= 4 is 34.2 Å². The van der Waals surface area contributed by atoms with Crippen LogP contribution in [-0.4, -0.2) is 34.2 Å². The lowest BCUT2D eigenvalue weighted by molar-refractivity contribution is 0.218. The first-order valence-corrected chi connectivity index (χ1v) is 27.9. The van der Waals surface area contributed by atoms with Gasteiger partial charge in [0.25, 0.3) is 0 Å². The third-order valence-electron chi connectivity index (χ3n) is 9.91. The molecule has 1 aliphatic rings. The van der Waals surface area contributed by atoms with Crippen molar-refractivity contribution in [2.45, 2.75) is 102 Å². The molecule has 0 amide bonds. The highest BCUT2D eigenvalue weighted by Crippen LogP contribution is 2.44. The summed E-state index contributed by atoms with van der Waals surface area (Å²) >= 11 is 0. The number of hydrogen-bond acceptors (Lipinski definition) is 4. The molecule has 4 nitrogen and oxygen atoms in total. The van der Waals surface area contributed by atoms with Gasteiger partial charge in [-0.25, -0.2) is 0 Å². The molecule has 4 aromatic rings. The second-order valence-corrected chi connectivity index (χ2v) is 29.0. The molecule has 1 fully saturated rings. The van der Waals surface area contributed by atoms with Crippen molar-refractivity contribution in [1.29, 1.82) is 0 Å². The first-order valence-electron chi connectivity index (χ1n) is 17.8. The molecule has 0 N–H and O–H groups in total. The number of hydrogen-bond donors (Lipinski definition) is 0. The molecule has 4 aromatic carbocycles. The third kappa shape index (κ3) is 9.85. The van der Waals surface area contributed by atoms with Gasteiger partial charge >= 0.3 is 34.2 Å². The van der Waals surface area contributed by atoms with Crippen LogP contribution in [-0.2, 0) is 16.5 Å². The molecular formula is C40H56O4Si4. The summed E-state index contributed by atoms with van der Waals surface area (Å²) in [6.45, 7) is 18.5. The Balaban J connectivity index is 1.55. The van der Waals surface area contributed by atoms with Gasteiger partial charge in [-0.3, -0.25) is 0 Å². The zero-order chi connectivity index (χ0) is 34.4. The van der Waals surface area contributed by atoms with Gasteiger partial charge < -0.3 is 16.5 Å². The van der Waals surface area contributed by atoms with Crippen molar-refractivity contribution in [3.63, 3.8) is 0 Å². The molecule has 1 heterocycles. The molecule has 4 atom stereocenters. The highest BCUT2D eigenvalue weighted by Gasteiger charge is 2.58. The maximum absolute atomic E-state index is 7.64. The van der Waals surface area contributed by atoms with E-state index in [1.54, 1.807) is 0 Å². The fourth-order valence-electron chi connectivity index (χ4n) is 8.07. The minimum Gasteiger partial charge on any atom is -0.416 e. The molecule has 0 aromatic heterocycles. The van der Waals surface area contributed by atoms with E-state index >= 15 is 0 Å². The predicted molar refractivity (Wildman–Crippen MR) is 209 cm³/mol. The Labute approximate surface area is 294 Å². The molecule has 48 heavy (non-hydrogen) atoms. The van der Waals surface area contributed by atoms with Crippen LogP contribution in [0.2, 0.25) is 50.4 Å². The van der Waals surface area contributed by atoms with E-state index in [4.69, 9.17) is 16.5 Å². The molecule has 1 aliphatic heterocycles. The van der Waals surface area contributed by atoms with Crippen LogP contribution in [0.25, 0.3) is 0 Å². The quantitative estimate of drug-likeness (QED) is 0.137. The molecule has 0 saturated carbocycles. The minimum atomic E-state index is -2.84. The average molecular weight is 713 g/mol. The van der Waals surface area contributed by atoms with Gasteiger partial charge in [-0.05, 0) is 96.3 Å². The molecule has 0 radical (unpaired) electrons. The number of rotatable bonds is 12. The molecule has 0 bridgehead atoms. The van der Waals surface area contributed by atoms with Crippen LogP contribution in [0, 0.1) is 0 Å². The summed E-state index contributed by atoms with van der Waals surface area (Å²) in [6, 6.07) is 46.7. The second-order valence-electron chi connectivity index (χ2n) is 15.0. The van der Waals surface area contributed by atoms with Crippen molar-refractivity contribution < 1.29 is 16.5 Å². The van der Waals surface area contributed by atoms with E-state index in [-0.39, 0.29) is 0 Å². The van der Waals surface area contributed by atoms with E-state index in [1.165, 1.54) is 22.3 Å². The lowest BCUT2D eigenvalue weighted by atomic mass is 10.0. The lowest BCUT2D eigenvalue weighted by Gasteiger charge is -2.52. The van der Waals surface area contributed by atoms with Gasteiger partial charge in [0.2, 0.25) is 0 Å². The van der Waals surface area contributed by atoms with Crippen molar-refractivity contribution in [3.8, 4) is 0 Å². The van der Waals surface area contributed by atoms with Gasteiger partial charge in [0, 0.05) is 0 Å². The zero-order valence-corrected chi connectivity index (χ0v) is 34.3. The van der Waals surface area contributed by atoms with Crippen LogP contribution in [0.5, 0.6) is 0 Å². The maximum Gasteiger partial charge on any atom is 0.317 e. The summed E-state index contributed by atoms with van der Waals surface area (Å²) in [4.78, 5) is 0. The zero-order valence-electron chi connectivity index (χ0n) is 30.3. The highest BCUT2D eigenvalue weighted by atomic mass is 28.5. The van der Waals surface area contributed by atoms with Crippen molar-refractivity contribution in [1.82, 2.24) is 0 Å². The first kappa shape index (κ1) is 36.9. The smallest absolute Gasteiger partial charge is 0.317 e. The molecule has 0 spiro atoms. The molecular weight excluding hydrogens is 657 g/mol. The summed E-state index contributed by atoms with van der Waals surface area (Å²) in [6.07, 6.45) is 0. The van der Waals surface area contributed by atoms with Crippen LogP contribution in [0.3, 0.4) is 0 Å². The largest absolute Gasteiger partial charge is 0.416 e. The van der Waals surface area contributed by atoms with Gasteiger partial charge in [-0.1, -0.05) is 149 Å². The summed E-state index contributed by atoms with van der Waals surface area (Å²) in [5, 5.41) is 0. The number of benzene rings is 4. The van der Waals surface area contributed by atoms with E-state index in [9.17, 15) is 0 Å². The summed E-state index contributed by atoms with van der Waals surface area (Å²) in [5.41, 5.74) is 5.28. The molecule has 8 heteroatoms. The molecule has 0 aliphatic carbocycles. The molecule has 4 unspecified atom stereocenters. The Morgan fingerprint density at radius 3 is 0.667 bits per heavy atom. The maximum atomic E-state index is 7.64. The minimum absolute atomic E-state index is 0.290. The Kier molecular flexibility index (Phi) is 12.0. The van der Waals surface area contributed by atoms with Crippen LogP contribution >= 0.6 is 0 Å². The predicted octanol–water partition coefficient (Wildman–Crippen LogP) is 11.6. The standard InChI is InChI=1S/C40H56O4Si4/c1-33(37-21-13-9-14-22-37)29-45(5)41-46(6,30-34(2)38-23-15-10-16-24-38)43-48(8,32-36(4)40-27-19-12-20-28-40)44-47(7,42-45)31-35(3)39-25-17-11-18-26-39/h9-28,33-36H,29-32H2,1-8H3. The highest BCUT2D eigenvalue weighted by molar-refractivity contribution is 6.94. The Bertz CT molecular complexity index is 1310.